The Morgan fingerprint density at radius 2 is 2.00 bits per heavy atom. The summed E-state index contributed by atoms with van der Waals surface area (Å²) >= 11 is 0. The molecule has 2 atom stereocenters. The minimum Gasteiger partial charge on any atom is -0.465 e. The summed E-state index contributed by atoms with van der Waals surface area (Å²) in [4.78, 5) is 37.7. The minimum atomic E-state index is -1.47. The van der Waals surface area contributed by atoms with E-state index < -0.39 is 29.7 Å². The molecule has 1 saturated heterocycles. The molecule has 28 heavy (non-hydrogen) atoms. The second-order valence-corrected chi connectivity index (χ2v) is 7.08. The van der Waals surface area contributed by atoms with E-state index in [1.165, 1.54) is 0 Å². The largest absolute Gasteiger partial charge is 0.465 e. The molecular weight excluding hydrogens is 362 g/mol. The lowest BCUT2D eigenvalue weighted by molar-refractivity contribution is -0.134. The fourth-order valence-electron chi connectivity index (χ4n) is 3.83. The van der Waals surface area contributed by atoms with Crippen LogP contribution in [0.25, 0.3) is 0 Å². The molecule has 0 aromatic heterocycles. The Kier molecular flexibility index (Phi) is 7.66. The first-order valence-corrected chi connectivity index (χ1v) is 9.69. The summed E-state index contributed by atoms with van der Waals surface area (Å²) in [7, 11) is 0. The van der Waals surface area contributed by atoms with Gasteiger partial charge in [-0.25, -0.2) is 9.59 Å². The van der Waals surface area contributed by atoms with Crippen LogP contribution in [0.2, 0.25) is 0 Å². The van der Waals surface area contributed by atoms with Crippen LogP contribution in [0, 0.1) is 0 Å². The van der Waals surface area contributed by atoms with Crippen molar-refractivity contribution in [2.24, 2.45) is 5.73 Å². The number of nitrogens with two attached hydrogens (primary N) is 1. The number of rotatable bonds is 8. The number of carbonyl (C=O) groups excluding carboxylic acids is 2. The molecule has 4 N–H and O–H groups in total. The molecule has 1 fully saturated rings. The van der Waals surface area contributed by atoms with Gasteiger partial charge in [-0.3, -0.25) is 9.69 Å². The van der Waals surface area contributed by atoms with Crippen molar-refractivity contribution < 1.29 is 24.2 Å². The summed E-state index contributed by atoms with van der Waals surface area (Å²) in [6, 6.07) is 8.48. The third kappa shape index (κ3) is 4.94. The average Bonchev–Trinajstić information content (AvgIpc) is 2.68. The number of primary amides is 1. The van der Waals surface area contributed by atoms with Crippen LogP contribution in [0.15, 0.2) is 30.3 Å². The first kappa shape index (κ1) is 21.5. The van der Waals surface area contributed by atoms with E-state index in [-0.39, 0.29) is 19.6 Å². The number of ether oxygens (including phenoxy) is 1. The van der Waals surface area contributed by atoms with Crippen molar-refractivity contribution in [1.82, 2.24) is 10.2 Å². The zero-order valence-corrected chi connectivity index (χ0v) is 16.2. The van der Waals surface area contributed by atoms with Crippen molar-refractivity contribution >= 4 is 18.1 Å². The Bertz CT molecular complexity index is 682. The number of carboxylic acid groups (broad SMARTS) is 1. The zero-order valence-electron chi connectivity index (χ0n) is 16.2. The number of carbonyl (C=O) groups is 3. The molecule has 2 rings (SSSR count). The molecule has 1 aliphatic heterocycles. The summed E-state index contributed by atoms with van der Waals surface area (Å²) in [5.41, 5.74) is 5.07. The van der Waals surface area contributed by atoms with Crippen LogP contribution in [0.3, 0.4) is 0 Å². The molecule has 0 radical (unpaired) electrons. The first-order chi connectivity index (χ1) is 13.4. The second kappa shape index (κ2) is 9.96. The summed E-state index contributed by atoms with van der Waals surface area (Å²) < 4.78 is 5.26. The number of benzene rings is 1. The maximum Gasteiger partial charge on any atom is 0.408 e. The Hall–Kier alpha value is -2.77. The Labute approximate surface area is 165 Å². The number of nitrogens with one attached hydrogen (secondary N) is 1. The Morgan fingerprint density at radius 3 is 2.61 bits per heavy atom. The molecule has 1 aromatic carbocycles. The van der Waals surface area contributed by atoms with Gasteiger partial charge >= 0.3 is 12.2 Å². The smallest absolute Gasteiger partial charge is 0.408 e. The van der Waals surface area contributed by atoms with Crippen LogP contribution >= 0.6 is 0 Å². The highest BCUT2D eigenvalue weighted by Gasteiger charge is 2.53. The quantitative estimate of drug-likeness (QED) is 0.588. The first-order valence-electron chi connectivity index (χ1n) is 9.69. The molecular formula is C20H29N3O5. The van der Waals surface area contributed by atoms with Crippen LogP contribution < -0.4 is 11.1 Å². The highest BCUT2D eigenvalue weighted by molar-refractivity contribution is 5.90. The molecule has 1 heterocycles. The van der Waals surface area contributed by atoms with E-state index in [0.717, 1.165) is 23.3 Å². The fourth-order valence-corrected chi connectivity index (χ4v) is 3.83. The van der Waals surface area contributed by atoms with Gasteiger partial charge in [-0.05, 0) is 24.8 Å². The van der Waals surface area contributed by atoms with Gasteiger partial charge in [0.05, 0.1) is 6.04 Å². The molecule has 1 aromatic rings. The number of hydrogen-bond donors (Lipinski definition) is 3. The lowest BCUT2D eigenvalue weighted by Crippen LogP contribution is -2.71. The average molecular weight is 391 g/mol. The SMILES string of the molecule is CCCCCC1(C(N)=O)C(NC(=O)OCc2ccccc2)CCCN1C(=O)O. The van der Waals surface area contributed by atoms with Crippen LogP contribution in [0.4, 0.5) is 9.59 Å². The van der Waals surface area contributed by atoms with Crippen molar-refractivity contribution in [1.29, 1.82) is 0 Å². The van der Waals surface area contributed by atoms with Crippen molar-refractivity contribution in [3.8, 4) is 0 Å². The third-order valence-electron chi connectivity index (χ3n) is 5.26. The standard InChI is InChI=1S/C20H29N3O5/c1-2-3-7-12-20(17(21)24)16(11-8-13-23(20)19(26)27)22-18(25)28-14-15-9-5-4-6-10-15/h4-6,9-10,16H,2-3,7-8,11-14H2,1H3,(H2,21,24)(H,22,25)(H,26,27). The molecule has 8 nitrogen and oxygen atoms in total. The third-order valence-corrected chi connectivity index (χ3v) is 5.26. The van der Waals surface area contributed by atoms with Gasteiger partial charge in [-0.2, -0.15) is 0 Å². The van der Waals surface area contributed by atoms with Crippen LogP contribution in [-0.4, -0.2) is 46.2 Å². The topological polar surface area (TPSA) is 122 Å². The van der Waals surface area contributed by atoms with Crippen molar-refractivity contribution in [3.05, 3.63) is 35.9 Å². The predicted octanol–water partition coefficient (Wildman–Crippen LogP) is 2.86. The highest BCUT2D eigenvalue weighted by Crippen LogP contribution is 2.34. The normalized spacial score (nSPS) is 21.8. The second-order valence-electron chi connectivity index (χ2n) is 7.08. The Morgan fingerprint density at radius 1 is 1.29 bits per heavy atom. The van der Waals surface area contributed by atoms with Gasteiger partial charge in [0, 0.05) is 6.54 Å². The lowest BCUT2D eigenvalue weighted by atomic mass is 9.77. The summed E-state index contributed by atoms with van der Waals surface area (Å²) in [5, 5.41) is 12.4. The number of nitrogens with zero attached hydrogens (tertiary/aromatic N) is 1. The number of unbranched alkanes of at least 4 members (excludes halogenated alkanes) is 2. The van der Waals surface area contributed by atoms with Gasteiger partial charge in [-0.1, -0.05) is 56.5 Å². The number of piperidine rings is 1. The summed E-state index contributed by atoms with van der Waals surface area (Å²) in [6.07, 6.45) is 1.75. The van der Waals surface area contributed by atoms with Crippen molar-refractivity contribution in [2.75, 3.05) is 6.54 Å². The number of alkyl carbamates (subject to hydrolysis) is 1. The molecule has 0 saturated carbocycles. The van der Waals surface area contributed by atoms with Crippen LogP contribution in [0.1, 0.15) is 51.0 Å². The van der Waals surface area contributed by atoms with Gasteiger partial charge in [0.25, 0.3) is 0 Å². The van der Waals surface area contributed by atoms with Crippen LogP contribution in [-0.2, 0) is 16.1 Å². The summed E-state index contributed by atoms with van der Waals surface area (Å²) in [6.45, 7) is 2.31. The molecule has 1 aliphatic rings. The molecule has 0 aliphatic carbocycles. The van der Waals surface area contributed by atoms with Gasteiger partial charge in [-0.15, -0.1) is 0 Å². The van der Waals surface area contributed by atoms with E-state index in [4.69, 9.17) is 10.5 Å². The molecule has 3 amide bonds. The van der Waals surface area contributed by atoms with E-state index in [0.29, 0.717) is 19.3 Å². The molecule has 154 valence electrons. The predicted molar refractivity (Wildman–Crippen MR) is 104 cm³/mol. The van der Waals surface area contributed by atoms with E-state index in [9.17, 15) is 19.5 Å². The van der Waals surface area contributed by atoms with Gasteiger partial charge in [0.15, 0.2) is 0 Å². The van der Waals surface area contributed by atoms with Crippen LogP contribution in [0.5, 0.6) is 0 Å². The molecule has 0 spiro atoms. The van der Waals surface area contributed by atoms with E-state index in [1.807, 2.05) is 37.3 Å². The fraction of sp³-hybridized carbons (Fsp3) is 0.550. The van der Waals surface area contributed by atoms with Gasteiger partial charge in [0.2, 0.25) is 5.91 Å². The highest BCUT2D eigenvalue weighted by atomic mass is 16.5. The summed E-state index contributed by atoms with van der Waals surface area (Å²) in [5.74, 6) is -0.737. The van der Waals surface area contributed by atoms with E-state index in [1.54, 1.807) is 0 Å². The lowest BCUT2D eigenvalue weighted by Gasteiger charge is -2.48. The maximum absolute atomic E-state index is 12.5. The Balaban J connectivity index is 2.16. The van der Waals surface area contributed by atoms with E-state index >= 15 is 0 Å². The van der Waals surface area contributed by atoms with Gasteiger partial charge in [0.1, 0.15) is 12.1 Å². The minimum absolute atomic E-state index is 0.0848. The maximum atomic E-state index is 12.5. The van der Waals surface area contributed by atoms with Gasteiger partial charge < -0.3 is 20.9 Å². The molecule has 0 bridgehead atoms. The number of likely N-dealkylation sites (tertiary alicyclic amines) is 1. The van der Waals surface area contributed by atoms with E-state index in [2.05, 4.69) is 5.32 Å². The number of hydrogen-bond acceptors (Lipinski definition) is 4. The van der Waals surface area contributed by atoms with Crippen molar-refractivity contribution in [2.45, 2.75) is 63.6 Å². The molecule has 8 heteroatoms. The number of amides is 3. The monoisotopic (exact) mass is 391 g/mol. The zero-order chi connectivity index (χ0) is 20.6. The van der Waals surface area contributed by atoms with Crippen molar-refractivity contribution in [3.63, 3.8) is 0 Å². The molecule has 2 unspecified atom stereocenters.